The summed E-state index contributed by atoms with van der Waals surface area (Å²) >= 11 is 28.4. The van der Waals surface area contributed by atoms with E-state index in [0.717, 1.165) is 0 Å². The summed E-state index contributed by atoms with van der Waals surface area (Å²) in [4.78, 5) is -0.604. The third-order valence-electron chi connectivity index (χ3n) is 1.47. The standard InChI is InChI=1S/C8H5Cl5/c9-7(10)5-2-1-3-6(4-5)8(11,12)13/h1-4,7H. The molecular weight excluding hydrogens is 273 g/mol. The van der Waals surface area contributed by atoms with Crippen molar-refractivity contribution >= 4 is 58.0 Å². The maximum absolute atomic E-state index is 5.68. The van der Waals surface area contributed by atoms with Crippen molar-refractivity contribution in [2.75, 3.05) is 0 Å². The molecule has 0 aliphatic heterocycles. The van der Waals surface area contributed by atoms with Crippen LogP contribution in [0.25, 0.3) is 0 Å². The first-order chi connectivity index (χ1) is 5.91. The Bertz CT molecular complexity index is 289. The minimum Gasteiger partial charge on any atom is -0.100 e. The lowest BCUT2D eigenvalue weighted by Gasteiger charge is -2.12. The molecule has 1 aromatic carbocycles. The third kappa shape index (κ3) is 3.38. The quantitative estimate of drug-likeness (QED) is 0.635. The van der Waals surface area contributed by atoms with Gasteiger partial charge in [0.15, 0.2) is 0 Å². The number of hydrogen-bond donors (Lipinski definition) is 0. The van der Waals surface area contributed by atoms with E-state index in [1.807, 2.05) is 0 Å². The molecule has 0 saturated heterocycles. The monoisotopic (exact) mass is 276 g/mol. The molecule has 0 radical (unpaired) electrons. The maximum Gasteiger partial charge on any atom is 0.216 e. The highest BCUT2D eigenvalue weighted by Crippen LogP contribution is 2.39. The Balaban J connectivity index is 3.06. The molecule has 1 aromatic rings. The van der Waals surface area contributed by atoms with Gasteiger partial charge in [0.25, 0.3) is 0 Å². The van der Waals surface area contributed by atoms with Gasteiger partial charge >= 0.3 is 0 Å². The summed E-state index contributed by atoms with van der Waals surface area (Å²) in [6.07, 6.45) is 0. The van der Waals surface area contributed by atoms with Crippen molar-refractivity contribution in [2.24, 2.45) is 0 Å². The van der Waals surface area contributed by atoms with Crippen LogP contribution in [0.2, 0.25) is 0 Å². The Morgan fingerprint density at radius 3 is 2.15 bits per heavy atom. The first-order valence-corrected chi connectivity index (χ1v) is 5.37. The van der Waals surface area contributed by atoms with Crippen LogP contribution >= 0.6 is 58.0 Å². The molecule has 0 aliphatic carbocycles. The summed E-state index contributed by atoms with van der Waals surface area (Å²) < 4.78 is -1.43. The van der Waals surface area contributed by atoms with Crippen molar-refractivity contribution in [2.45, 2.75) is 8.63 Å². The largest absolute Gasteiger partial charge is 0.216 e. The fourth-order valence-corrected chi connectivity index (χ4v) is 1.47. The van der Waals surface area contributed by atoms with Gasteiger partial charge in [-0.15, -0.1) is 23.2 Å². The summed E-state index contributed by atoms with van der Waals surface area (Å²) in [6, 6.07) is 6.87. The zero-order valence-electron chi connectivity index (χ0n) is 6.28. The molecule has 0 bridgehead atoms. The molecule has 0 N–H and O–H groups in total. The lowest BCUT2D eigenvalue weighted by Crippen LogP contribution is -2.00. The van der Waals surface area contributed by atoms with Crippen LogP contribution in [0.1, 0.15) is 16.0 Å². The molecular formula is C8H5Cl5. The molecule has 0 heterocycles. The Labute approximate surface area is 102 Å². The number of hydrogen-bond acceptors (Lipinski definition) is 0. The van der Waals surface area contributed by atoms with E-state index in [0.29, 0.717) is 11.1 Å². The van der Waals surface area contributed by atoms with E-state index in [4.69, 9.17) is 58.0 Å². The number of rotatable bonds is 1. The van der Waals surface area contributed by atoms with Gasteiger partial charge in [0.2, 0.25) is 3.79 Å². The fraction of sp³-hybridized carbons (Fsp3) is 0.250. The Hall–Kier alpha value is 0.670. The number of alkyl halides is 5. The van der Waals surface area contributed by atoms with E-state index in [1.165, 1.54) is 0 Å². The van der Waals surface area contributed by atoms with E-state index < -0.39 is 8.63 Å². The predicted molar refractivity (Wildman–Crippen MR) is 60.1 cm³/mol. The van der Waals surface area contributed by atoms with Gasteiger partial charge in [0, 0.05) is 5.56 Å². The van der Waals surface area contributed by atoms with Crippen LogP contribution in [0.5, 0.6) is 0 Å². The molecule has 0 unspecified atom stereocenters. The van der Waals surface area contributed by atoms with Gasteiger partial charge in [-0.3, -0.25) is 0 Å². The summed E-state index contributed by atoms with van der Waals surface area (Å²) in [6.45, 7) is 0. The van der Waals surface area contributed by atoms with Gasteiger partial charge in [0.05, 0.1) is 0 Å². The second-order valence-electron chi connectivity index (χ2n) is 2.42. The highest BCUT2D eigenvalue weighted by atomic mass is 35.6. The van der Waals surface area contributed by atoms with Gasteiger partial charge < -0.3 is 0 Å². The molecule has 0 atom stereocenters. The second-order valence-corrected chi connectivity index (χ2v) is 5.80. The average Bonchev–Trinajstić information content (AvgIpc) is 2.03. The van der Waals surface area contributed by atoms with Crippen molar-refractivity contribution < 1.29 is 0 Å². The molecule has 13 heavy (non-hydrogen) atoms. The van der Waals surface area contributed by atoms with Crippen molar-refractivity contribution in [3.63, 3.8) is 0 Å². The fourth-order valence-electron chi connectivity index (χ4n) is 0.851. The van der Waals surface area contributed by atoms with Crippen LogP contribution in [-0.4, -0.2) is 0 Å². The average molecular weight is 278 g/mol. The van der Waals surface area contributed by atoms with Gasteiger partial charge in [-0.2, -0.15) is 0 Å². The number of benzene rings is 1. The highest BCUT2D eigenvalue weighted by molar-refractivity contribution is 6.66. The molecule has 1 rings (SSSR count). The molecule has 0 fully saturated rings. The minimum atomic E-state index is -1.43. The van der Waals surface area contributed by atoms with E-state index >= 15 is 0 Å². The molecule has 0 aromatic heterocycles. The first-order valence-electron chi connectivity index (χ1n) is 3.36. The first kappa shape index (κ1) is 11.7. The Morgan fingerprint density at radius 1 is 1.08 bits per heavy atom. The van der Waals surface area contributed by atoms with E-state index in [2.05, 4.69) is 0 Å². The van der Waals surface area contributed by atoms with Gasteiger partial charge in [-0.05, 0) is 11.6 Å². The summed E-state index contributed by atoms with van der Waals surface area (Å²) in [5, 5.41) is 0. The third-order valence-corrected chi connectivity index (χ3v) is 2.62. The molecule has 0 aliphatic rings. The topological polar surface area (TPSA) is 0 Å². The van der Waals surface area contributed by atoms with Gasteiger partial charge in [-0.1, -0.05) is 53.0 Å². The van der Waals surface area contributed by atoms with E-state index in [-0.39, 0.29) is 0 Å². The molecule has 0 amide bonds. The van der Waals surface area contributed by atoms with Crippen LogP contribution in [0, 0.1) is 0 Å². The van der Waals surface area contributed by atoms with Crippen molar-refractivity contribution in [1.29, 1.82) is 0 Å². The smallest absolute Gasteiger partial charge is 0.100 e. The van der Waals surface area contributed by atoms with E-state index in [9.17, 15) is 0 Å². The zero-order valence-corrected chi connectivity index (χ0v) is 10.1. The van der Waals surface area contributed by atoms with Crippen LogP contribution in [0.4, 0.5) is 0 Å². The van der Waals surface area contributed by atoms with Gasteiger partial charge in [0.1, 0.15) is 4.84 Å². The Kier molecular flexibility index (Phi) is 4.03. The predicted octanol–water partition coefficient (Wildman–Crippen LogP) is 4.99. The molecule has 0 spiro atoms. The highest BCUT2D eigenvalue weighted by Gasteiger charge is 2.23. The van der Waals surface area contributed by atoms with Gasteiger partial charge in [-0.25, -0.2) is 0 Å². The minimum absolute atomic E-state index is 0.557. The lowest BCUT2D eigenvalue weighted by atomic mass is 10.1. The SMILES string of the molecule is ClC(Cl)c1cccc(C(Cl)(Cl)Cl)c1. The zero-order chi connectivity index (χ0) is 10.1. The number of halogens is 5. The van der Waals surface area contributed by atoms with E-state index in [1.54, 1.807) is 24.3 Å². The molecule has 72 valence electrons. The lowest BCUT2D eigenvalue weighted by molar-refractivity contribution is 1.20. The molecule has 5 heteroatoms. The molecule has 0 saturated carbocycles. The van der Waals surface area contributed by atoms with Crippen molar-refractivity contribution in [3.8, 4) is 0 Å². The molecule has 0 nitrogen and oxygen atoms in total. The maximum atomic E-state index is 5.68. The van der Waals surface area contributed by atoms with Crippen LogP contribution < -0.4 is 0 Å². The van der Waals surface area contributed by atoms with Crippen LogP contribution in [0.3, 0.4) is 0 Å². The van der Waals surface area contributed by atoms with Crippen LogP contribution in [0.15, 0.2) is 24.3 Å². The van der Waals surface area contributed by atoms with Crippen LogP contribution in [-0.2, 0) is 3.79 Å². The van der Waals surface area contributed by atoms with Crippen molar-refractivity contribution in [1.82, 2.24) is 0 Å². The summed E-state index contributed by atoms with van der Waals surface area (Å²) in [7, 11) is 0. The normalized spacial score (nSPS) is 12.2. The van der Waals surface area contributed by atoms with Crippen molar-refractivity contribution in [3.05, 3.63) is 35.4 Å². The Morgan fingerprint density at radius 2 is 1.69 bits per heavy atom. The second kappa shape index (κ2) is 4.46. The summed E-state index contributed by atoms with van der Waals surface area (Å²) in [5.74, 6) is 0. The summed E-state index contributed by atoms with van der Waals surface area (Å²) in [5.41, 5.74) is 1.27.